The molecule has 1 aliphatic heterocycles. The first-order valence-electron chi connectivity index (χ1n) is 31.6. The number of piperazine rings is 1. The molecule has 2 amide bonds. The first-order chi connectivity index (χ1) is 37.9. The molecule has 14 nitrogen and oxygen atoms in total. The van der Waals surface area contributed by atoms with Crippen LogP contribution in [-0.2, 0) is 28.7 Å². The van der Waals surface area contributed by atoms with Crippen molar-refractivity contribution in [1.82, 2.24) is 20.4 Å². The van der Waals surface area contributed by atoms with Gasteiger partial charge in [-0.1, -0.05) is 205 Å². The number of nitrogens with zero attached hydrogens (tertiary/aromatic N) is 2. The first kappa shape index (κ1) is 72.6. The maximum absolute atomic E-state index is 13.1. The summed E-state index contributed by atoms with van der Waals surface area (Å²) in [5.41, 5.74) is 0. The highest BCUT2D eigenvalue weighted by atomic mass is 16.5. The lowest BCUT2D eigenvalue weighted by atomic mass is 10.1. The van der Waals surface area contributed by atoms with Crippen molar-refractivity contribution in [2.24, 2.45) is 0 Å². The van der Waals surface area contributed by atoms with Gasteiger partial charge < -0.3 is 40.5 Å². The van der Waals surface area contributed by atoms with E-state index in [4.69, 9.17) is 9.47 Å². The summed E-state index contributed by atoms with van der Waals surface area (Å²) in [4.78, 5) is 56.0. The van der Waals surface area contributed by atoms with Crippen LogP contribution in [0.15, 0.2) is 48.6 Å². The molecule has 0 aromatic heterocycles. The number of carbonyl (C=O) groups is 4. The van der Waals surface area contributed by atoms with Gasteiger partial charge >= 0.3 is 11.9 Å². The van der Waals surface area contributed by atoms with Crippen molar-refractivity contribution in [3.63, 3.8) is 0 Å². The Morgan fingerprint density at radius 1 is 0.410 bits per heavy atom. The van der Waals surface area contributed by atoms with Gasteiger partial charge in [-0.15, -0.1) is 0 Å². The van der Waals surface area contributed by atoms with E-state index in [0.717, 1.165) is 51.4 Å². The van der Waals surface area contributed by atoms with Crippen LogP contribution in [0.3, 0.4) is 0 Å². The number of carbonyl (C=O) groups excluding carboxylic acids is 4. The third-order valence-corrected chi connectivity index (χ3v) is 14.4. The van der Waals surface area contributed by atoms with Gasteiger partial charge in [-0.2, -0.15) is 0 Å². The SMILES string of the molecule is CCCCCCCC/C=C\CC(O)CN(CCC(=O)OCC1NC(=O)C(COC(=O)CCN(CC(O)C/C=C\CCCCCCCC)CC(O)C/C=C\CCCCCCCC)NC1=O)CC(O)C/C=C\CCCCCCCC. The lowest BCUT2D eigenvalue weighted by Gasteiger charge is -2.29. The zero-order valence-electron chi connectivity index (χ0n) is 49.9. The quantitative estimate of drug-likeness (QED) is 0.0192. The first-order valence-corrected chi connectivity index (χ1v) is 31.6. The third kappa shape index (κ3) is 43.4. The van der Waals surface area contributed by atoms with Gasteiger partial charge in [0.1, 0.15) is 25.3 Å². The van der Waals surface area contributed by atoms with E-state index in [9.17, 15) is 39.6 Å². The minimum absolute atomic E-state index is 0.0515. The summed E-state index contributed by atoms with van der Waals surface area (Å²) in [5.74, 6) is -2.34. The molecule has 6 N–H and O–H groups in total. The van der Waals surface area contributed by atoms with E-state index in [0.29, 0.717) is 25.7 Å². The number of amides is 2. The van der Waals surface area contributed by atoms with E-state index >= 15 is 0 Å². The van der Waals surface area contributed by atoms with Crippen molar-refractivity contribution < 1.29 is 49.1 Å². The highest BCUT2D eigenvalue weighted by Crippen LogP contribution is 2.14. The van der Waals surface area contributed by atoms with E-state index in [-0.39, 0.29) is 52.1 Å². The van der Waals surface area contributed by atoms with Crippen molar-refractivity contribution in [3.05, 3.63) is 48.6 Å². The van der Waals surface area contributed by atoms with Gasteiger partial charge in [0.05, 0.1) is 37.3 Å². The summed E-state index contributed by atoms with van der Waals surface area (Å²) in [5, 5.41) is 49.0. The van der Waals surface area contributed by atoms with E-state index in [1.54, 1.807) is 0 Å². The van der Waals surface area contributed by atoms with Gasteiger partial charge in [-0.05, 0) is 77.0 Å². The molecule has 452 valence electrons. The number of hydrogen-bond acceptors (Lipinski definition) is 12. The molecule has 0 radical (unpaired) electrons. The predicted octanol–water partition coefficient (Wildman–Crippen LogP) is 11.7. The number of aliphatic hydroxyl groups is 4. The normalized spacial score (nSPS) is 16.7. The van der Waals surface area contributed by atoms with E-state index in [2.05, 4.69) is 62.6 Å². The zero-order valence-corrected chi connectivity index (χ0v) is 49.9. The predicted molar refractivity (Wildman–Crippen MR) is 319 cm³/mol. The summed E-state index contributed by atoms with van der Waals surface area (Å²) in [7, 11) is 0. The smallest absolute Gasteiger partial charge is 0.307 e. The lowest BCUT2D eigenvalue weighted by molar-refractivity contribution is -0.152. The van der Waals surface area contributed by atoms with Crippen LogP contribution in [0.1, 0.15) is 246 Å². The number of hydrogen-bond donors (Lipinski definition) is 6. The fourth-order valence-electron chi connectivity index (χ4n) is 9.57. The molecule has 0 bridgehead atoms. The van der Waals surface area contributed by atoms with Crippen LogP contribution in [0.4, 0.5) is 0 Å². The average molecular weight is 1100 g/mol. The van der Waals surface area contributed by atoms with Crippen LogP contribution in [0.5, 0.6) is 0 Å². The highest BCUT2D eigenvalue weighted by molar-refractivity contribution is 5.97. The molecule has 0 saturated carbocycles. The number of nitrogens with one attached hydrogen (secondary N) is 2. The van der Waals surface area contributed by atoms with Gasteiger partial charge in [0.15, 0.2) is 0 Å². The van der Waals surface area contributed by atoms with Crippen molar-refractivity contribution in [1.29, 1.82) is 0 Å². The number of aliphatic hydroxyl groups excluding tert-OH is 4. The van der Waals surface area contributed by atoms with E-state index < -0.39 is 73.5 Å². The molecule has 6 unspecified atom stereocenters. The number of allylic oxidation sites excluding steroid dienone is 4. The second kappa shape index (κ2) is 51.7. The number of esters is 2. The van der Waals surface area contributed by atoms with Gasteiger partial charge in [0, 0.05) is 39.3 Å². The molecule has 0 aromatic carbocycles. The Kier molecular flexibility index (Phi) is 48.2. The number of unbranched alkanes of at least 4 members (excludes halogenated alkanes) is 24. The fourth-order valence-corrected chi connectivity index (χ4v) is 9.57. The molecule has 1 saturated heterocycles. The Hall–Kier alpha value is -3.40. The summed E-state index contributed by atoms with van der Waals surface area (Å²) < 4.78 is 10.9. The standard InChI is InChI=1S/C64H116N4O10/c1-5-9-13-17-21-25-29-33-37-41-55(69)49-67(50-56(70)42-38-34-30-26-22-18-14-10-6-2)47-45-61(73)77-53-59-63(75)66-60(64(76)65-59)54-78-62(74)46-48-68(51-57(71)43-39-35-31-27-23-19-15-11-7-3)52-58(72)44-40-36-32-28-24-20-16-12-8-4/h33-40,55-60,69-72H,5-32,41-54H2,1-4H3,(H,65,76)(H,66,75)/b37-33-,38-34-,39-35-,40-36-. The Morgan fingerprint density at radius 2 is 0.654 bits per heavy atom. The summed E-state index contributed by atoms with van der Waals surface area (Å²) in [6.07, 6.45) is 48.8. The van der Waals surface area contributed by atoms with Crippen LogP contribution in [0.25, 0.3) is 0 Å². The molecule has 0 aliphatic carbocycles. The number of ether oxygens (including phenoxy) is 2. The van der Waals surface area contributed by atoms with Gasteiger partial charge in [-0.3, -0.25) is 29.0 Å². The maximum Gasteiger partial charge on any atom is 0.307 e. The minimum Gasteiger partial charge on any atom is -0.463 e. The monoisotopic (exact) mass is 1100 g/mol. The van der Waals surface area contributed by atoms with Crippen LogP contribution in [0, 0.1) is 0 Å². The van der Waals surface area contributed by atoms with Crippen molar-refractivity contribution in [3.8, 4) is 0 Å². The summed E-state index contributed by atoms with van der Waals surface area (Å²) >= 11 is 0. The molecular weight excluding hydrogens is 985 g/mol. The Balaban J connectivity index is 2.71. The van der Waals surface area contributed by atoms with Crippen LogP contribution >= 0.6 is 0 Å². The Labute approximate surface area is 475 Å². The molecule has 0 spiro atoms. The summed E-state index contributed by atoms with van der Waals surface area (Å²) in [6.45, 7) is 9.57. The second-order valence-corrected chi connectivity index (χ2v) is 22.2. The molecule has 1 aliphatic rings. The minimum atomic E-state index is -1.14. The van der Waals surface area contributed by atoms with Crippen molar-refractivity contribution in [2.75, 3.05) is 52.5 Å². The van der Waals surface area contributed by atoms with Gasteiger partial charge in [-0.25, -0.2) is 0 Å². The maximum atomic E-state index is 13.1. The van der Waals surface area contributed by atoms with Gasteiger partial charge in [0.2, 0.25) is 11.8 Å². The Morgan fingerprint density at radius 3 is 0.910 bits per heavy atom. The molecule has 1 rings (SSSR count). The third-order valence-electron chi connectivity index (χ3n) is 14.4. The fraction of sp³-hybridized carbons (Fsp3) is 0.812. The topological polar surface area (TPSA) is 198 Å². The Bertz CT molecular complexity index is 1400. The molecule has 6 atom stereocenters. The lowest BCUT2D eigenvalue weighted by Crippen LogP contribution is -2.64. The zero-order chi connectivity index (χ0) is 57.1. The van der Waals surface area contributed by atoms with Gasteiger partial charge in [0.25, 0.3) is 0 Å². The van der Waals surface area contributed by atoms with Crippen LogP contribution in [0.2, 0.25) is 0 Å². The molecule has 78 heavy (non-hydrogen) atoms. The van der Waals surface area contributed by atoms with Crippen LogP contribution in [-0.4, -0.2) is 143 Å². The van der Waals surface area contributed by atoms with E-state index in [1.807, 2.05) is 34.1 Å². The van der Waals surface area contributed by atoms with Crippen molar-refractivity contribution in [2.45, 2.75) is 283 Å². The largest absolute Gasteiger partial charge is 0.463 e. The van der Waals surface area contributed by atoms with Crippen molar-refractivity contribution >= 4 is 23.8 Å². The molecule has 14 heteroatoms. The molecule has 1 fully saturated rings. The number of rotatable bonds is 54. The molecular formula is C64H116N4O10. The second-order valence-electron chi connectivity index (χ2n) is 22.2. The average Bonchev–Trinajstić information content (AvgIpc) is 3.41. The summed E-state index contributed by atoms with van der Waals surface area (Å²) in [6, 6.07) is -2.27. The van der Waals surface area contributed by atoms with Crippen LogP contribution < -0.4 is 10.6 Å². The highest BCUT2D eigenvalue weighted by Gasteiger charge is 2.35. The molecule has 1 heterocycles. The van der Waals surface area contributed by atoms with E-state index in [1.165, 1.54) is 128 Å². The molecule has 0 aromatic rings.